The van der Waals surface area contributed by atoms with Gasteiger partial charge in [-0.05, 0) is 31.5 Å². The van der Waals surface area contributed by atoms with Crippen molar-refractivity contribution < 1.29 is 19.1 Å². The number of carboxylic acids is 1. The summed E-state index contributed by atoms with van der Waals surface area (Å²) in [5.41, 5.74) is -0.0753. The lowest BCUT2D eigenvalue weighted by Gasteiger charge is -2.13. The van der Waals surface area contributed by atoms with Gasteiger partial charge in [-0.2, -0.15) is 5.10 Å². The molecule has 2 heterocycles. The summed E-state index contributed by atoms with van der Waals surface area (Å²) >= 11 is 0. The number of furan rings is 1. The fourth-order valence-electron chi connectivity index (χ4n) is 1.92. The van der Waals surface area contributed by atoms with Crippen molar-refractivity contribution in [2.45, 2.75) is 32.4 Å². The molecule has 0 spiro atoms. The number of carboxylic acid groups (broad SMARTS) is 1. The van der Waals surface area contributed by atoms with Crippen LogP contribution in [0.2, 0.25) is 0 Å². The molecule has 7 heteroatoms. The van der Waals surface area contributed by atoms with E-state index in [-0.39, 0.29) is 24.2 Å². The van der Waals surface area contributed by atoms with Gasteiger partial charge in [0.2, 0.25) is 5.91 Å². The maximum atomic E-state index is 11.8. The molecule has 1 amide bonds. The van der Waals surface area contributed by atoms with Crippen molar-refractivity contribution in [3.8, 4) is 0 Å². The van der Waals surface area contributed by atoms with Gasteiger partial charge in [0.25, 0.3) is 0 Å². The van der Waals surface area contributed by atoms with Crippen LogP contribution in [0, 0.1) is 0 Å². The predicted molar refractivity (Wildman–Crippen MR) is 73.8 cm³/mol. The Hall–Kier alpha value is -2.57. The number of nitrogens with one attached hydrogen (secondary N) is 1. The normalized spacial score (nSPS) is 12.0. The van der Waals surface area contributed by atoms with Gasteiger partial charge in [0.15, 0.2) is 5.69 Å². The Kier molecular flexibility index (Phi) is 4.76. The van der Waals surface area contributed by atoms with E-state index in [0.717, 1.165) is 18.6 Å². The molecule has 112 valence electrons. The second-order valence-electron chi connectivity index (χ2n) is 4.79. The smallest absolute Gasteiger partial charge is 0.356 e. The third-order valence-corrected chi connectivity index (χ3v) is 2.98. The number of carbonyl (C=O) groups excluding carboxylic acids is 1. The Morgan fingerprint density at radius 2 is 2.29 bits per heavy atom. The zero-order chi connectivity index (χ0) is 15.2. The van der Waals surface area contributed by atoms with E-state index >= 15 is 0 Å². The summed E-state index contributed by atoms with van der Waals surface area (Å²) in [5, 5.41) is 15.4. The molecule has 0 saturated carbocycles. The topological polar surface area (TPSA) is 97.4 Å². The second-order valence-corrected chi connectivity index (χ2v) is 4.79. The Labute approximate surface area is 121 Å². The molecule has 2 aromatic rings. The molecule has 0 aliphatic heterocycles. The lowest BCUT2D eigenvalue weighted by atomic mass is 10.1. The molecule has 0 saturated heterocycles. The number of hydrogen-bond donors (Lipinski definition) is 2. The molecule has 0 fully saturated rings. The van der Waals surface area contributed by atoms with Crippen LogP contribution in [-0.4, -0.2) is 32.8 Å². The molecule has 7 nitrogen and oxygen atoms in total. The van der Waals surface area contributed by atoms with Crippen molar-refractivity contribution in [1.29, 1.82) is 0 Å². The fraction of sp³-hybridized carbons (Fsp3) is 0.357. The number of rotatable bonds is 7. The van der Waals surface area contributed by atoms with E-state index in [2.05, 4.69) is 10.4 Å². The summed E-state index contributed by atoms with van der Waals surface area (Å²) in [4.78, 5) is 22.5. The van der Waals surface area contributed by atoms with Crippen LogP contribution < -0.4 is 5.32 Å². The van der Waals surface area contributed by atoms with Gasteiger partial charge in [0, 0.05) is 18.7 Å². The maximum Gasteiger partial charge on any atom is 0.356 e. The maximum absolute atomic E-state index is 11.8. The molecule has 21 heavy (non-hydrogen) atoms. The number of carbonyl (C=O) groups is 2. The predicted octanol–water partition coefficient (Wildman–Crippen LogP) is 1.31. The number of amides is 1. The first-order chi connectivity index (χ1) is 10.0. The van der Waals surface area contributed by atoms with Gasteiger partial charge in [0.05, 0.1) is 6.26 Å². The summed E-state index contributed by atoms with van der Waals surface area (Å²) in [5.74, 6) is -0.433. The average Bonchev–Trinajstić information content (AvgIpc) is 3.06. The lowest BCUT2D eigenvalue weighted by Crippen LogP contribution is -2.35. The van der Waals surface area contributed by atoms with E-state index in [1.807, 2.05) is 19.1 Å². The van der Waals surface area contributed by atoms with Gasteiger partial charge >= 0.3 is 5.97 Å². The van der Waals surface area contributed by atoms with Crippen molar-refractivity contribution in [1.82, 2.24) is 15.1 Å². The molecular formula is C14H17N3O4. The van der Waals surface area contributed by atoms with E-state index in [1.54, 1.807) is 6.26 Å². The fourth-order valence-corrected chi connectivity index (χ4v) is 1.92. The highest BCUT2D eigenvalue weighted by molar-refractivity contribution is 5.85. The Balaban J connectivity index is 1.76. The molecule has 0 aliphatic rings. The average molecular weight is 291 g/mol. The quantitative estimate of drug-likeness (QED) is 0.801. The molecule has 0 unspecified atom stereocenters. The number of aromatic nitrogens is 2. The highest BCUT2D eigenvalue weighted by atomic mass is 16.4. The van der Waals surface area contributed by atoms with Crippen LogP contribution in [0.25, 0.3) is 0 Å². The molecular weight excluding hydrogens is 274 g/mol. The van der Waals surface area contributed by atoms with Crippen molar-refractivity contribution in [2.75, 3.05) is 0 Å². The summed E-state index contributed by atoms with van der Waals surface area (Å²) in [6.07, 6.45) is 4.60. The minimum atomic E-state index is -1.11. The van der Waals surface area contributed by atoms with Crippen molar-refractivity contribution in [2.24, 2.45) is 0 Å². The number of hydrogen-bond acceptors (Lipinski definition) is 4. The van der Waals surface area contributed by atoms with Gasteiger partial charge in [0.1, 0.15) is 12.3 Å². The Morgan fingerprint density at radius 3 is 2.90 bits per heavy atom. The number of aromatic carboxylic acids is 1. The van der Waals surface area contributed by atoms with Gasteiger partial charge in [-0.3, -0.25) is 9.48 Å². The van der Waals surface area contributed by atoms with E-state index < -0.39 is 5.97 Å². The van der Waals surface area contributed by atoms with Crippen molar-refractivity contribution >= 4 is 11.9 Å². The third-order valence-electron chi connectivity index (χ3n) is 2.98. The lowest BCUT2D eigenvalue weighted by molar-refractivity contribution is -0.122. The van der Waals surface area contributed by atoms with Gasteiger partial charge in [-0.15, -0.1) is 0 Å². The first kappa shape index (κ1) is 14.8. The van der Waals surface area contributed by atoms with Gasteiger partial charge in [-0.1, -0.05) is 0 Å². The molecule has 1 atom stereocenters. The number of nitrogens with zero attached hydrogens (tertiary/aromatic N) is 2. The molecule has 2 rings (SSSR count). The van der Waals surface area contributed by atoms with E-state index in [1.165, 1.54) is 16.9 Å². The van der Waals surface area contributed by atoms with Gasteiger partial charge in [-0.25, -0.2) is 4.79 Å². The van der Waals surface area contributed by atoms with Crippen LogP contribution in [-0.2, 0) is 17.8 Å². The van der Waals surface area contributed by atoms with E-state index in [4.69, 9.17) is 9.52 Å². The van der Waals surface area contributed by atoms with Crippen LogP contribution in [0.5, 0.6) is 0 Å². The second kappa shape index (κ2) is 6.74. The van der Waals surface area contributed by atoms with E-state index in [0.29, 0.717) is 0 Å². The molecule has 0 bridgehead atoms. The molecule has 0 aromatic carbocycles. The Bertz CT molecular complexity index is 604. The molecule has 2 N–H and O–H groups in total. The van der Waals surface area contributed by atoms with Crippen molar-refractivity contribution in [3.05, 3.63) is 42.1 Å². The van der Waals surface area contributed by atoms with Crippen LogP contribution in [0.4, 0.5) is 0 Å². The first-order valence-corrected chi connectivity index (χ1v) is 6.63. The monoisotopic (exact) mass is 291 g/mol. The SMILES string of the molecule is C[C@H](CCc1ccco1)NC(=O)Cn1ccc(C(=O)O)n1. The summed E-state index contributed by atoms with van der Waals surface area (Å²) < 4.78 is 6.53. The first-order valence-electron chi connectivity index (χ1n) is 6.63. The third kappa shape index (κ3) is 4.48. The van der Waals surface area contributed by atoms with Crippen LogP contribution in [0.15, 0.2) is 35.1 Å². The molecule has 2 aromatic heterocycles. The zero-order valence-electron chi connectivity index (χ0n) is 11.7. The standard InChI is InChI=1S/C14H17N3O4/c1-10(4-5-11-3-2-8-21-11)15-13(18)9-17-7-6-12(16-17)14(19)20/h2-3,6-8,10H,4-5,9H2,1H3,(H,15,18)(H,19,20)/t10-/m1/s1. The van der Waals surface area contributed by atoms with Crippen molar-refractivity contribution in [3.63, 3.8) is 0 Å². The van der Waals surface area contributed by atoms with Crippen LogP contribution in [0.3, 0.4) is 0 Å². The molecule has 0 radical (unpaired) electrons. The molecule has 0 aliphatic carbocycles. The van der Waals surface area contributed by atoms with Gasteiger partial charge < -0.3 is 14.8 Å². The summed E-state index contributed by atoms with van der Waals surface area (Å²) in [6.45, 7) is 1.91. The minimum absolute atomic E-state index is 0.00162. The number of aryl methyl sites for hydroxylation is 1. The minimum Gasteiger partial charge on any atom is -0.476 e. The summed E-state index contributed by atoms with van der Waals surface area (Å²) in [6, 6.07) is 5.08. The van der Waals surface area contributed by atoms with E-state index in [9.17, 15) is 9.59 Å². The highest BCUT2D eigenvalue weighted by Gasteiger charge is 2.11. The zero-order valence-corrected chi connectivity index (χ0v) is 11.7. The largest absolute Gasteiger partial charge is 0.476 e. The highest BCUT2D eigenvalue weighted by Crippen LogP contribution is 2.05. The Morgan fingerprint density at radius 1 is 1.48 bits per heavy atom. The summed E-state index contributed by atoms with van der Waals surface area (Å²) in [7, 11) is 0. The van der Waals surface area contributed by atoms with Crippen LogP contribution in [0.1, 0.15) is 29.6 Å². The van der Waals surface area contributed by atoms with Crippen LogP contribution >= 0.6 is 0 Å².